The van der Waals surface area contributed by atoms with Crippen LogP contribution in [-0.4, -0.2) is 36.7 Å². The number of nitrogens with two attached hydrogens (primary N) is 1. The van der Waals surface area contributed by atoms with Gasteiger partial charge in [0.2, 0.25) is 10.0 Å². The molecule has 1 amide bonds. The molecule has 0 aliphatic heterocycles. The number of carbonyl (C=O) groups excluding carboxylic acids is 2. The Kier molecular flexibility index (Phi) is 6.34. The highest BCUT2D eigenvalue weighted by Gasteiger charge is 2.16. The fourth-order valence-corrected chi connectivity index (χ4v) is 4.43. The quantitative estimate of drug-likeness (QED) is 0.531. The van der Waals surface area contributed by atoms with Gasteiger partial charge in [0.1, 0.15) is 9.77 Å². The minimum Gasteiger partial charge on any atom is -0.462 e. The smallest absolute Gasteiger partial charge is 0.341 e. The van der Waals surface area contributed by atoms with Crippen molar-refractivity contribution < 1.29 is 22.7 Å². The van der Waals surface area contributed by atoms with Gasteiger partial charge in [-0.05, 0) is 50.2 Å². The lowest BCUT2D eigenvalue weighted by molar-refractivity contribution is 0.0525. The maximum absolute atomic E-state index is 12.4. The minimum absolute atomic E-state index is 0.0490. The molecule has 11 heteroatoms. The van der Waals surface area contributed by atoms with Crippen LogP contribution < -0.4 is 10.5 Å². The van der Waals surface area contributed by atoms with Crippen LogP contribution in [0.15, 0.2) is 46.8 Å². The number of nitrogens with zero attached hydrogens (tertiary/aromatic N) is 2. The first kappa shape index (κ1) is 21.7. The van der Waals surface area contributed by atoms with E-state index >= 15 is 0 Å². The zero-order valence-electron chi connectivity index (χ0n) is 16.3. The lowest BCUT2D eigenvalue weighted by Gasteiger charge is -2.08. The molecule has 2 aromatic heterocycles. The predicted octanol–water partition coefficient (Wildman–Crippen LogP) is 2.00. The Morgan fingerprint density at radius 2 is 1.90 bits per heavy atom. The highest BCUT2D eigenvalue weighted by atomic mass is 32.2. The topological polar surface area (TPSA) is 133 Å². The molecule has 0 aliphatic rings. The van der Waals surface area contributed by atoms with Crippen molar-refractivity contribution in [2.24, 2.45) is 5.14 Å². The highest BCUT2D eigenvalue weighted by Crippen LogP contribution is 2.20. The Balaban J connectivity index is 1.68. The monoisotopic (exact) mass is 448 g/mol. The molecule has 0 spiro atoms. The van der Waals surface area contributed by atoms with Crippen LogP contribution in [0.5, 0.6) is 0 Å². The average molecular weight is 449 g/mol. The molecule has 30 heavy (non-hydrogen) atoms. The second kappa shape index (κ2) is 8.78. The first-order valence-electron chi connectivity index (χ1n) is 8.92. The van der Waals surface area contributed by atoms with Crippen molar-refractivity contribution in [3.8, 4) is 5.69 Å². The Labute approximate surface area is 177 Å². The van der Waals surface area contributed by atoms with Crippen LogP contribution in [0.4, 0.5) is 0 Å². The molecule has 3 aromatic rings. The Bertz CT molecular complexity index is 1180. The zero-order valence-corrected chi connectivity index (χ0v) is 17.9. The van der Waals surface area contributed by atoms with Crippen LogP contribution in [-0.2, 0) is 21.3 Å². The zero-order chi connectivity index (χ0) is 21.9. The molecule has 3 N–H and O–H groups in total. The summed E-state index contributed by atoms with van der Waals surface area (Å²) in [6.45, 7) is 3.96. The maximum atomic E-state index is 12.4. The van der Waals surface area contributed by atoms with E-state index in [2.05, 4.69) is 10.4 Å². The molecule has 0 saturated heterocycles. The maximum Gasteiger partial charge on any atom is 0.341 e. The van der Waals surface area contributed by atoms with Crippen LogP contribution in [0.2, 0.25) is 0 Å². The van der Waals surface area contributed by atoms with E-state index < -0.39 is 16.0 Å². The number of carbonyl (C=O) groups is 2. The Hall–Kier alpha value is -3.02. The third-order valence-corrected chi connectivity index (χ3v) is 6.74. The van der Waals surface area contributed by atoms with E-state index in [1.807, 2.05) is 0 Å². The Morgan fingerprint density at radius 1 is 1.20 bits per heavy atom. The number of hydrogen-bond acceptors (Lipinski definition) is 7. The molecule has 158 valence electrons. The second-order valence-corrected chi connectivity index (χ2v) is 9.23. The van der Waals surface area contributed by atoms with E-state index in [9.17, 15) is 18.0 Å². The summed E-state index contributed by atoms with van der Waals surface area (Å²) in [5.74, 6) is -0.743. The summed E-state index contributed by atoms with van der Waals surface area (Å²) in [6.07, 6.45) is 1.45. The lowest BCUT2D eigenvalue weighted by atomic mass is 10.2. The van der Waals surface area contributed by atoms with Gasteiger partial charge in [0, 0.05) is 10.4 Å². The van der Waals surface area contributed by atoms with Crippen LogP contribution in [0.1, 0.15) is 38.2 Å². The van der Waals surface area contributed by atoms with E-state index in [1.54, 1.807) is 48.9 Å². The van der Waals surface area contributed by atoms with E-state index in [4.69, 9.17) is 9.88 Å². The SMILES string of the molecule is CCOC(=O)c1cnn(-c2ccc(C(=O)NCc3ccc(S(N)(=O)=O)s3)cc2)c1C. The number of benzene rings is 1. The normalized spacial score (nSPS) is 11.3. The average Bonchev–Trinajstić information content (AvgIpc) is 3.33. The number of nitrogens with one attached hydrogen (secondary N) is 1. The van der Waals surface area contributed by atoms with Gasteiger partial charge in [0.25, 0.3) is 5.91 Å². The van der Waals surface area contributed by atoms with Crippen molar-refractivity contribution >= 4 is 33.2 Å². The number of thiophene rings is 1. The molecule has 0 atom stereocenters. The number of rotatable bonds is 7. The van der Waals surface area contributed by atoms with E-state index in [0.717, 1.165) is 11.3 Å². The van der Waals surface area contributed by atoms with Crippen LogP contribution in [0, 0.1) is 6.92 Å². The summed E-state index contributed by atoms with van der Waals surface area (Å²) in [5.41, 5.74) is 2.13. The van der Waals surface area contributed by atoms with Gasteiger partial charge in [0.15, 0.2) is 0 Å². The second-order valence-electron chi connectivity index (χ2n) is 6.27. The van der Waals surface area contributed by atoms with Gasteiger partial charge in [-0.3, -0.25) is 4.79 Å². The number of amides is 1. The van der Waals surface area contributed by atoms with Gasteiger partial charge in [-0.2, -0.15) is 5.10 Å². The lowest BCUT2D eigenvalue weighted by Crippen LogP contribution is -2.22. The fraction of sp³-hybridized carbons (Fsp3) is 0.211. The highest BCUT2D eigenvalue weighted by molar-refractivity contribution is 7.91. The molecular weight excluding hydrogens is 428 g/mol. The first-order chi connectivity index (χ1) is 14.2. The van der Waals surface area contributed by atoms with Crippen molar-refractivity contribution in [3.05, 3.63) is 64.3 Å². The Morgan fingerprint density at radius 3 is 2.50 bits per heavy atom. The minimum atomic E-state index is -3.75. The molecule has 0 unspecified atom stereocenters. The molecule has 0 bridgehead atoms. The molecule has 0 saturated carbocycles. The van der Waals surface area contributed by atoms with Gasteiger partial charge in [-0.1, -0.05) is 0 Å². The summed E-state index contributed by atoms with van der Waals surface area (Å²) in [5, 5.41) is 12.0. The largest absolute Gasteiger partial charge is 0.462 e. The fourth-order valence-electron chi connectivity index (χ4n) is 2.71. The molecule has 3 rings (SSSR count). The molecule has 0 aliphatic carbocycles. The molecule has 1 aromatic carbocycles. The van der Waals surface area contributed by atoms with E-state index in [-0.39, 0.29) is 23.3 Å². The molecule has 0 fully saturated rings. The van der Waals surface area contributed by atoms with Gasteiger partial charge in [-0.15, -0.1) is 11.3 Å². The van der Waals surface area contributed by atoms with Gasteiger partial charge in [0.05, 0.1) is 30.7 Å². The molecule has 9 nitrogen and oxygen atoms in total. The van der Waals surface area contributed by atoms with Crippen LogP contribution in [0.25, 0.3) is 5.69 Å². The summed E-state index contributed by atoms with van der Waals surface area (Å²) < 4.78 is 29.3. The van der Waals surface area contributed by atoms with Gasteiger partial charge in [-0.25, -0.2) is 23.0 Å². The number of hydrogen-bond donors (Lipinski definition) is 2. The standard InChI is InChI=1S/C19H20N4O5S2/c1-3-28-19(25)16-11-22-23(12(16)2)14-6-4-13(5-7-14)18(24)21-10-15-8-9-17(29-15)30(20,26)27/h4-9,11H,3,10H2,1-2H3,(H,21,24)(H2,20,26,27). The number of sulfonamides is 1. The first-order valence-corrected chi connectivity index (χ1v) is 11.3. The summed E-state index contributed by atoms with van der Waals surface area (Å²) in [4.78, 5) is 25.0. The third kappa shape index (κ3) is 4.75. The van der Waals surface area contributed by atoms with Crippen LogP contribution >= 0.6 is 11.3 Å². The summed E-state index contributed by atoms with van der Waals surface area (Å²) in [7, 11) is -3.75. The number of ether oxygens (including phenoxy) is 1. The number of primary sulfonamides is 1. The van der Waals surface area contributed by atoms with Crippen molar-refractivity contribution in [1.82, 2.24) is 15.1 Å². The van der Waals surface area contributed by atoms with Crippen molar-refractivity contribution in [1.29, 1.82) is 0 Å². The van der Waals surface area contributed by atoms with Gasteiger partial charge < -0.3 is 10.1 Å². The predicted molar refractivity (Wildman–Crippen MR) is 111 cm³/mol. The summed E-state index contributed by atoms with van der Waals surface area (Å²) >= 11 is 1.01. The van der Waals surface area contributed by atoms with Crippen molar-refractivity contribution in [3.63, 3.8) is 0 Å². The van der Waals surface area contributed by atoms with Gasteiger partial charge >= 0.3 is 5.97 Å². The number of aromatic nitrogens is 2. The number of esters is 1. The molecule has 2 heterocycles. The van der Waals surface area contributed by atoms with Crippen molar-refractivity contribution in [2.75, 3.05) is 6.61 Å². The third-order valence-electron chi connectivity index (χ3n) is 4.22. The van der Waals surface area contributed by atoms with E-state index in [0.29, 0.717) is 27.4 Å². The van der Waals surface area contributed by atoms with Crippen LogP contribution in [0.3, 0.4) is 0 Å². The summed E-state index contributed by atoms with van der Waals surface area (Å²) in [6, 6.07) is 9.73. The van der Waals surface area contributed by atoms with Crippen molar-refractivity contribution in [2.45, 2.75) is 24.6 Å². The molecular formula is C19H20N4O5S2. The molecule has 0 radical (unpaired) electrons. The van der Waals surface area contributed by atoms with E-state index in [1.165, 1.54) is 12.3 Å².